The first-order chi connectivity index (χ1) is 17.8. The van der Waals surface area contributed by atoms with E-state index in [1.165, 1.54) is 17.0 Å². The van der Waals surface area contributed by atoms with Crippen molar-refractivity contribution in [3.8, 4) is 16.9 Å². The van der Waals surface area contributed by atoms with Crippen molar-refractivity contribution < 1.29 is 23.1 Å². The van der Waals surface area contributed by atoms with E-state index in [4.69, 9.17) is 0 Å². The molecule has 0 unspecified atom stereocenters. The summed E-state index contributed by atoms with van der Waals surface area (Å²) in [6.45, 7) is 4.08. The molecular weight excluding hydrogens is 493 g/mol. The van der Waals surface area contributed by atoms with Gasteiger partial charge in [-0.05, 0) is 49.2 Å². The largest absolute Gasteiger partial charge is 0.508 e. The maximum atomic E-state index is 15.0. The number of aryl methyl sites for hydroxylation is 1. The number of nitrogens with one attached hydrogen (secondary N) is 1. The number of fused-ring (bicyclic) bond motifs is 1. The van der Waals surface area contributed by atoms with Crippen molar-refractivity contribution in [2.45, 2.75) is 39.2 Å². The number of aromatic nitrogens is 2. The Hall–Kier alpha value is -4.14. The Morgan fingerprint density at radius 3 is 2.45 bits per heavy atom. The normalized spacial score (nSPS) is 12.4. The summed E-state index contributed by atoms with van der Waals surface area (Å²) in [5, 5.41) is 14.1. The minimum absolute atomic E-state index is 0.0294. The number of halogens is 3. The zero-order valence-corrected chi connectivity index (χ0v) is 21.8. The van der Waals surface area contributed by atoms with Crippen molar-refractivity contribution in [3.05, 3.63) is 82.9 Å². The van der Waals surface area contributed by atoms with Crippen molar-refractivity contribution in [1.82, 2.24) is 14.9 Å². The van der Waals surface area contributed by atoms with Crippen LogP contribution in [0.3, 0.4) is 0 Å². The number of likely N-dealkylation sites (N-methyl/N-ethyl adjacent to an activating group) is 1. The third-order valence-corrected chi connectivity index (χ3v) is 6.38. The van der Waals surface area contributed by atoms with E-state index in [2.05, 4.69) is 15.3 Å². The molecule has 2 N–H and O–H groups in total. The fraction of sp³-hybridized carbons (Fsp3) is 0.276. The summed E-state index contributed by atoms with van der Waals surface area (Å²) in [6, 6.07) is 13.9. The van der Waals surface area contributed by atoms with E-state index in [1.54, 1.807) is 46.1 Å². The first kappa shape index (κ1) is 26.9. The van der Waals surface area contributed by atoms with Crippen molar-refractivity contribution in [3.63, 3.8) is 0 Å². The second-order valence-electron chi connectivity index (χ2n) is 9.62. The summed E-state index contributed by atoms with van der Waals surface area (Å²) >= 11 is 0. The van der Waals surface area contributed by atoms with Crippen LogP contribution in [0, 0.1) is 12.7 Å². The van der Waals surface area contributed by atoms with Gasteiger partial charge in [-0.2, -0.15) is 0 Å². The third-order valence-electron chi connectivity index (χ3n) is 6.38. The number of phenols is 1. The van der Waals surface area contributed by atoms with Crippen LogP contribution in [0.1, 0.15) is 42.4 Å². The van der Waals surface area contributed by atoms with Crippen molar-refractivity contribution in [2.24, 2.45) is 0 Å². The number of phenolic OH excluding ortho intramolecular Hbond substituents is 1. The lowest BCUT2D eigenvalue weighted by Gasteiger charge is -2.20. The minimum atomic E-state index is -3.31. The molecule has 3 aromatic carbocycles. The minimum Gasteiger partial charge on any atom is -0.508 e. The van der Waals surface area contributed by atoms with Gasteiger partial charge in [0.2, 0.25) is 5.91 Å². The zero-order valence-electron chi connectivity index (χ0n) is 21.8. The molecule has 0 spiro atoms. The van der Waals surface area contributed by atoms with Gasteiger partial charge in [0.15, 0.2) is 0 Å². The van der Waals surface area contributed by atoms with E-state index in [0.717, 1.165) is 17.2 Å². The second kappa shape index (κ2) is 10.3. The number of amides is 1. The smallest absolute Gasteiger partial charge is 0.273 e. The third kappa shape index (κ3) is 5.56. The van der Waals surface area contributed by atoms with E-state index in [-0.39, 0.29) is 23.6 Å². The Bertz CT molecular complexity index is 1520. The first-order valence-electron chi connectivity index (χ1n) is 12.1. The van der Waals surface area contributed by atoms with Crippen LogP contribution in [0.5, 0.6) is 5.75 Å². The molecule has 0 bridgehead atoms. The van der Waals surface area contributed by atoms with Crippen molar-refractivity contribution >= 4 is 22.6 Å². The number of alkyl halides is 2. The summed E-state index contributed by atoms with van der Waals surface area (Å²) in [4.78, 5) is 22.7. The average Bonchev–Trinajstić information content (AvgIpc) is 2.84. The molecule has 198 valence electrons. The maximum absolute atomic E-state index is 15.0. The van der Waals surface area contributed by atoms with Gasteiger partial charge in [-0.15, -0.1) is 0 Å². The highest BCUT2D eigenvalue weighted by atomic mass is 19.3. The number of rotatable bonds is 7. The topological polar surface area (TPSA) is 78.4 Å². The lowest BCUT2D eigenvalue weighted by molar-refractivity contribution is -0.128. The molecule has 1 amide bonds. The van der Waals surface area contributed by atoms with Gasteiger partial charge in [-0.3, -0.25) is 4.79 Å². The van der Waals surface area contributed by atoms with E-state index in [9.17, 15) is 18.7 Å². The molecule has 9 heteroatoms. The molecule has 4 aromatic rings. The molecule has 0 aliphatic heterocycles. The van der Waals surface area contributed by atoms with E-state index in [0.29, 0.717) is 35.0 Å². The SMILES string of the molecule is Cc1nc(N[C@H](C)c2cccc(C(C)(F)F)c2F)c2cc(-c3ccc(O)c(CC(=O)N(C)C)c3)ccc2n1. The molecule has 1 atom stereocenters. The van der Waals surface area contributed by atoms with Crippen molar-refractivity contribution in [2.75, 3.05) is 19.4 Å². The van der Waals surface area contributed by atoms with Gasteiger partial charge in [0.25, 0.3) is 5.92 Å². The highest BCUT2D eigenvalue weighted by molar-refractivity contribution is 5.93. The zero-order chi connectivity index (χ0) is 27.8. The molecule has 0 saturated carbocycles. The van der Waals surface area contributed by atoms with E-state index < -0.39 is 23.3 Å². The average molecular weight is 523 g/mol. The predicted octanol–water partition coefficient (Wildman–Crippen LogP) is 6.37. The van der Waals surface area contributed by atoms with Gasteiger partial charge in [0.1, 0.15) is 23.2 Å². The molecule has 0 aliphatic rings. The summed E-state index contributed by atoms with van der Waals surface area (Å²) in [5.41, 5.74) is 2.14. The number of carbonyl (C=O) groups is 1. The molecule has 1 heterocycles. The first-order valence-corrected chi connectivity index (χ1v) is 12.1. The Kier molecular flexibility index (Phi) is 7.31. The number of carbonyl (C=O) groups excluding carboxylic acids is 1. The van der Waals surface area contributed by atoms with Crippen LogP contribution < -0.4 is 5.32 Å². The molecule has 1 aromatic heterocycles. The highest BCUT2D eigenvalue weighted by Crippen LogP contribution is 2.35. The fourth-order valence-corrected chi connectivity index (χ4v) is 4.27. The van der Waals surface area contributed by atoms with Crippen LogP contribution in [-0.4, -0.2) is 40.0 Å². The van der Waals surface area contributed by atoms with Gasteiger partial charge in [0, 0.05) is 37.5 Å². The fourth-order valence-electron chi connectivity index (χ4n) is 4.27. The standard InChI is InChI=1S/C29H29F3N4O2/c1-16(21-7-6-8-23(27(21)30)29(3,31)32)33-28-22-14-19(9-11-24(22)34-17(2)35-28)18-10-12-25(37)20(13-18)15-26(38)36(4)5/h6-14,16,37H,15H2,1-5H3,(H,33,34,35)/t16-/m1/s1. The molecule has 38 heavy (non-hydrogen) atoms. The van der Waals surface area contributed by atoms with Crippen LogP contribution in [0.2, 0.25) is 0 Å². The number of hydrogen-bond donors (Lipinski definition) is 2. The van der Waals surface area contributed by atoms with Crippen LogP contribution >= 0.6 is 0 Å². The summed E-state index contributed by atoms with van der Waals surface area (Å²) in [7, 11) is 3.31. The summed E-state index contributed by atoms with van der Waals surface area (Å²) in [6.07, 6.45) is 0.0499. The van der Waals surface area contributed by atoms with Gasteiger partial charge < -0.3 is 15.3 Å². The van der Waals surface area contributed by atoms with E-state index >= 15 is 4.39 Å². The number of aromatic hydroxyl groups is 1. The maximum Gasteiger partial charge on any atom is 0.273 e. The molecule has 0 fully saturated rings. The lowest BCUT2D eigenvalue weighted by atomic mass is 9.98. The number of hydrogen-bond acceptors (Lipinski definition) is 5. The Balaban J connectivity index is 1.74. The predicted molar refractivity (Wildman–Crippen MR) is 142 cm³/mol. The number of anilines is 1. The number of nitrogens with zero attached hydrogens (tertiary/aromatic N) is 3. The van der Waals surface area contributed by atoms with Crippen LogP contribution in [-0.2, 0) is 17.1 Å². The monoisotopic (exact) mass is 522 g/mol. The van der Waals surface area contributed by atoms with Crippen LogP contribution in [0.4, 0.5) is 19.0 Å². The van der Waals surface area contributed by atoms with Crippen LogP contribution in [0.15, 0.2) is 54.6 Å². The molecule has 0 saturated heterocycles. The van der Waals surface area contributed by atoms with Crippen molar-refractivity contribution in [1.29, 1.82) is 0 Å². The van der Waals surface area contributed by atoms with E-state index in [1.807, 2.05) is 18.2 Å². The molecule has 0 aliphatic carbocycles. The van der Waals surface area contributed by atoms with Crippen LogP contribution in [0.25, 0.3) is 22.0 Å². The lowest BCUT2D eigenvalue weighted by Crippen LogP contribution is -2.23. The second-order valence-corrected chi connectivity index (χ2v) is 9.62. The quantitative estimate of drug-likeness (QED) is 0.295. The molecule has 6 nitrogen and oxygen atoms in total. The molecule has 0 radical (unpaired) electrons. The van der Waals surface area contributed by atoms with Gasteiger partial charge >= 0.3 is 0 Å². The van der Waals surface area contributed by atoms with Gasteiger partial charge in [-0.25, -0.2) is 23.1 Å². The Morgan fingerprint density at radius 1 is 1.08 bits per heavy atom. The Morgan fingerprint density at radius 2 is 1.76 bits per heavy atom. The summed E-state index contributed by atoms with van der Waals surface area (Å²) in [5.74, 6) is -3.47. The molecule has 4 rings (SSSR count). The van der Waals surface area contributed by atoms with Gasteiger partial charge in [0.05, 0.1) is 23.5 Å². The Labute approximate surface area is 219 Å². The summed E-state index contributed by atoms with van der Waals surface area (Å²) < 4.78 is 42.8. The highest BCUT2D eigenvalue weighted by Gasteiger charge is 2.30. The molecular formula is C29H29F3N4O2. The van der Waals surface area contributed by atoms with Gasteiger partial charge in [-0.1, -0.05) is 30.3 Å². The number of benzene rings is 3.